The van der Waals surface area contributed by atoms with Gasteiger partial charge in [0.25, 0.3) is 0 Å². The van der Waals surface area contributed by atoms with Crippen molar-refractivity contribution in [2.75, 3.05) is 6.61 Å². The van der Waals surface area contributed by atoms with E-state index in [1.165, 1.54) is 18.2 Å². The molecule has 0 aliphatic rings. The maximum absolute atomic E-state index is 13.2. The monoisotopic (exact) mass is 274 g/mol. The van der Waals surface area contributed by atoms with Crippen LogP contribution in [0.5, 0.6) is 5.75 Å². The van der Waals surface area contributed by atoms with Crippen molar-refractivity contribution in [3.8, 4) is 5.75 Å². The van der Waals surface area contributed by atoms with Crippen molar-refractivity contribution in [2.24, 2.45) is 0 Å². The summed E-state index contributed by atoms with van der Waals surface area (Å²) in [6.45, 7) is 1.98. The summed E-state index contributed by atoms with van der Waals surface area (Å²) < 4.78 is 23.8. The zero-order chi connectivity index (χ0) is 14.4. The molecule has 0 N–H and O–H groups in total. The molecule has 1 unspecified atom stereocenters. The number of rotatable bonds is 5. The Labute approximate surface area is 117 Å². The molecule has 2 rings (SSSR count). The van der Waals surface area contributed by atoms with Crippen molar-refractivity contribution in [3.05, 3.63) is 66.0 Å². The Hall–Kier alpha value is -2.36. The topological polar surface area (TPSA) is 35.5 Å². The second kappa shape index (κ2) is 6.70. The molecule has 0 aromatic heterocycles. The lowest BCUT2D eigenvalue weighted by Crippen LogP contribution is -2.21. The second-order valence-corrected chi connectivity index (χ2v) is 4.12. The first-order valence-corrected chi connectivity index (χ1v) is 6.34. The predicted molar refractivity (Wildman–Crippen MR) is 72.8 cm³/mol. The molecule has 0 aliphatic carbocycles. The van der Waals surface area contributed by atoms with E-state index in [4.69, 9.17) is 9.47 Å². The molecule has 2 aromatic carbocycles. The van der Waals surface area contributed by atoms with Crippen molar-refractivity contribution in [2.45, 2.75) is 13.0 Å². The minimum atomic E-state index is -0.905. The van der Waals surface area contributed by atoms with E-state index in [1.807, 2.05) is 6.07 Å². The van der Waals surface area contributed by atoms with Gasteiger partial charge in [-0.05, 0) is 19.1 Å². The van der Waals surface area contributed by atoms with Crippen LogP contribution in [-0.4, -0.2) is 12.6 Å². The minimum Gasteiger partial charge on any atom is -0.474 e. The van der Waals surface area contributed by atoms with Crippen LogP contribution in [0.2, 0.25) is 0 Å². The quantitative estimate of drug-likeness (QED) is 0.783. The van der Waals surface area contributed by atoms with Gasteiger partial charge in [-0.15, -0.1) is 0 Å². The highest BCUT2D eigenvalue weighted by Gasteiger charge is 2.24. The van der Waals surface area contributed by atoms with Crippen LogP contribution in [0.15, 0.2) is 54.6 Å². The molecule has 0 bridgehead atoms. The number of carbonyl (C=O) groups excluding carboxylic acids is 1. The summed E-state index contributed by atoms with van der Waals surface area (Å²) in [7, 11) is 0. The van der Waals surface area contributed by atoms with Crippen LogP contribution in [0, 0.1) is 5.82 Å². The Morgan fingerprint density at radius 2 is 1.90 bits per heavy atom. The van der Waals surface area contributed by atoms with Crippen molar-refractivity contribution >= 4 is 5.97 Å². The van der Waals surface area contributed by atoms with Gasteiger partial charge in [-0.2, -0.15) is 0 Å². The van der Waals surface area contributed by atoms with Crippen LogP contribution < -0.4 is 4.74 Å². The molecule has 0 aliphatic heterocycles. The summed E-state index contributed by atoms with van der Waals surface area (Å²) in [6.07, 6.45) is -0.905. The Morgan fingerprint density at radius 3 is 2.55 bits per heavy atom. The first-order chi connectivity index (χ1) is 9.70. The molecular formula is C16H15FO3. The predicted octanol–water partition coefficient (Wildman–Crippen LogP) is 3.51. The zero-order valence-electron chi connectivity index (χ0n) is 11.1. The van der Waals surface area contributed by atoms with Crippen molar-refractivity contribution in [1.29, 1.82) is 0 Å². The van der Waals surface area contributed by atoms with Gasteiger partial charge in [0.05, 0.1) is 6.61 Å². The van der Waals surface area contributed by atoms with Crippen LogP contribution in [0.3, 0.4) is 0 Å². The fourth-order valence-electron chi connectivity index (χ4n) is 1.77. The number of benzene rings is 2. The van der Waals surface area contributed by atoms with Crippen LogP contribution >= 0.6 is 0 Å². The first kappa shape index (κ1) is 14.1. The number of ether oxygens (including phenoxy) is 2. The molecule has 4 heteroatoms. The third-order valence-electron chi connectivity index (χ3n) is 2.65. The van der Waals surface area contributed by atoms with E-state index in [-0.39, 0.29) is 12.4 Å². The van der Waals surface area contributed by atoms with E-state index in [0.29, 0.717) is 5.56 Å². The molecule has 0 amide bonds. The fraction of sp³-hybridized carbons (Fsp3) is 0.188. The van der Waals surface area contributed by atoms with E-state index in [0.717, 1.165) is 0 Å². The summed E-state index contributed by atoms with van der Waals surface area (Å²) in [6, 6.07) is 14.6. The number of halogens is 1. The molecule has 2 aromatic rings. The smallest absolute Gasteiger partial charge is 0.352 e. The molecule has 0 saturated carbocycles. The van der Waals surface area contributed by atoms with Crippen molar-refractivity contribution in [3.63, 3.8) is 0 Å². The lowest BCUT2D eigenvalue weighted by Gasteiger charge is -2.18. The Kier molecular flexibility index (Phi) is 4.71. The molecule has 0 radical (unpaired) electrons. The van der Waals surface area contributed by atoms with Crippen LogP contribution in [0.25, 0.3) is 0 Å². The van der Waals surface area contributed by atoms with Gasteiger partial charge in [0, 0.05) is 11.6 Å². The average molecular weight is 274 g/mol. The van der Waals surface area contributed by atoms with Gasteiger partial charge >= 0.3 is 5.97 Å². The number of carbonyl (C=O) groups is 1. The fourth-order valence-corrected chi connectivity index (χ4v) is 1.77. The van der Waals surface area contributed by atoms with Gasteiger partial charge in [0.15, 0.2) is 0 Å². The lowest BCUT2D eigenvalue weighted by molar-refractivity contribution is -0.151. The van der Waals surface area contributed by atoms with E-state index in [2.05, 4.69) is 0 Å². The standard InChI is InChI=1S/C16H15FO3/c1-2-19-16(18)15(12-7-4-3-5-8-12)20-14-10-6-9-13(17)11-14/h3-11,15H,2H2,1H3. The highest BCUT2D eigenvalue weighted by molar-refractivity contribution is 5.77. The molecule has 0 heterocycles. The minimum absolute atomic E-state index is 0.259. The largest absolute Gasteiger partial charge is 0.474 e. The van der Waals surface area contributed by atoms with Crippen LogP contribution in [0.1, 0.15) is 18.6 Å². The van der Waals surface area contributed by atoms with Gasteiger partial charge in [-0.1, -0.05) is 36.4 Å². The van der Waals surface area contributed by atoms with E-state index >= 15 is 0 Å². The summed E-state index contributed by atoms with van der Waals surface area (Å²) in [4.78, 5) is 12.0. The zero-order valence-corrected chi connectivity index (χ0v) is 11.1. The van der Waals surface area contributed by atoms with E-state index < -0.39 is 17.9 Å². The van der Waals surface area contributed by atoms with Gasteiger partial charge in [0.2, 0.25) is 6.10 Å². The maximum atomic E-state index is 13.2. The highest BCUT2D eigenvalue weighted by atomic mass is 19.1. The molecule has 0 spiro atoms. The van der Waals surface area contributed by atoms with Gasteiger partial charge < -0.3 is 9.47 Å². The Balaban J connectivity index is 2.25. The third-order valence-corrected chi connectivity index (χ3v) is 2.65. The first-order valence-electron chi connectivity index (χ1n) is 6.34. The molecule has 0 fully saturated rings. The molecule has 0 saturated heterocycles. The Bertz CT molecular complexity index is 569. The SMILES string of the molecule is CCOC(=O)C(Oc1cccc(F)c1)c1ccccc1. The van der Waals surface area contributed by atoms with Gasteiger partial charge in [0.1, 0.15) is 11.6 Å². The molecule has 20 heavy (non-hydrogen) atoms. The van der Waals surface area contributed by atoms with Crippen LogP contribution in [0.4, 0.5) is 4.39 Å². The van der Waals surface area contributed by atoms with E-state index in [9.17, 15) is 9.18 Å². The molecule has 1 atom stereocenters. The number of hydrogen-bond donors (Lipinski definition) is 0. The van der Waals surface area contributed by atoms with E-state index in [1.54, 1.807) is 37.3 Å². The normalized spacial score (nSPS) is 11.7. The van der Waals surface area contributed by atoms with Crippen molar-refractivity contribution in [1.82, 2.24) is 0 Å². The van der Waals surface area contributed by atoms with Gasteiger partial charge in [-0.25, -0.2) is 9.18 Å². The second-order valence-electron chi connectivity index (χ2n) is 4.12. The number of hydrogen-bond acceptors (Lipinski definition) is 3. The summed E-state index contributed by atoms with van der Waals surface area (Å²) in [5.41, 5.74) is 0.662. The third kappa shape index (κ3) is 3.57. The Morgan fingerprint density at radius 1 is 1.15 bits per heavy atom. The summed E-state index contributed by atoms with van der Waals surface area (Å²) in [5, 5.41) is 0. The maximum Gasteiger partial charge on any atom is 0.352 e. The van der Waals surface area contributed by atoms with Crippen LogP contribution in [-0.2, 0) is 9.53 Å². The number of esters is 1. The average Bonchev–Trinajstić information content (AvgIpc) is 2.46. The summed E-state index contributed by atoms with van der Waals surface area (Å²) in [5.74, 6) is -0.631. The summed E-state index contributed by atoms with van der Waals surface area (Å²) >= 11 is 0. The van der Waals surface area contributed by atoms with Gasteiger partial charge in [-0.3, -0.25) is 0 Å². The molecule has 104 valence electrons. The molecular weight excluding hydrogens is 259 g/mol. The molecule has 3 nitrogen and oxygen atoms in total. The van der Waals surface area contributed by atoms with Crippen molar-refractivity contribution < 1.29 is 18.7 Å². The lowest BCUT2D eigenvalue weighted by atomic mass is 10.1. The highest BCUT2D eigenvalue weighted by Crippen LogP contribution is 2.23.